The number of ether oxygens (including phenoxy) is 4. The van der Waals surface area contributed by atoms with E-state index in [1.54, 1.807) is 0 Å². The minimum atomic E-state index is -3.05. The number of carbonyl (C=O) groups is 1. The second kappa shape index (κ2) is 10.7. The molecule has 5 nitrogen and oxygen atoms in total. The number of esters is 1. The van der Waals surface area contributed by atoms with E-state index in [9.17, 15) is 13.6 Å². The number of hydrogen-bond donors (Lipinski definition) is 0. The van der Waals surface area contributed by atoms with Crippen LogP contribution < -0.4 is 14.2 Å². The van der Waals surface area contributed by atoms with Crippen LogP contribution in [-0.4, -0.2) is 32.9 Å². The molecule has 1 rings (SSSR count). The Labute approximate surface area is 140 Å². The molecule has 136 valence electrons. The third-order valence-electron chi connectivity index (χ3n) is 3.16. The summed E-state index contributed by atoms with van der Waals surface area (Å²) in [5, 5.41) is 0. The average molecular weight is 346 g/mol. The lowest BCUT2D eigenvalue weighted by Gasteiger charge is -2.17. The molecule has 0 saturated carbocycles. The van der Waals surface area contributed by atoms with Gasteiger partial charge in [0.2, 0.25) is 5.75 Å². The smallest absolute Gasteiger partial charge is 0.387 e. The Balaban J connectivity index is 3.20. The molecule has 0 heterocycles. The third-order valence-corrected chi connectivity index (χ3v) is 3.16. The number of unbranched alkanes of at least 4 members (excludes halogenated alkanes) is 2. The van der Waals surface area contributed by atoms with E-state index < -0.39 is 12.6 Å². The molecule has 0 saturated heterocycles. The van der Waals surface area contributed by atoms with Gasteiger partial charge in [0.1, 0.15) is 0 Å². The lowest BCUT2D eigenvalue weighted by atomic mass is 10.2. The van der Waals surface area contributed by atoms with Crippen molar-refractivity contribution in [2.24, 2.45) is 0 Å². The SMILES string of the molecule is CCCCOc1cc(C(=O)OC)cc(OC(F)F)c1OCCCC. The Morgan fingerprint density at radius 3 is 2.17 bits per heavy atom. The van der Waals surface area contributed by atoms with Crippen LogP contribution in [0, 0.1) is 0 Å². The van der Waals surface area contributed by atoms with Gasteiger partial charge in [-0.3, -0.25) is 0 Å². The molecular weight excluding hydrogens is 322 g/mol. The van der Waals surface area contributed by atoms with Crippen LogP contribution in [0.25, 0.3) is 0 Å². The van der Waals surface area contributed by atoms with Gasteiger partial charge in [0, 0.05) is 0 Å². The van der Waals surface area contributed by atoms with Crippen molar-refractivity contribution < 1.29 is 32.5 Å². The van der Waals surface area contributed by atoms with Gasteiger partial charge in [-0.05, 0) is 25.0 Å². The first-order valence-electron chi connectivity index (χ1n) is 8.00. The summed E-state index contributed by atoms with van der Waals surface area (Å²) < 4.78 is 45.7. The first-order chi connectivity index (χ1) is 11.5. The van der Waals surface area contributed by atoms with E-state index in [0.29, 0.717) is 13.2 Å². The van der Waals surface area contributed by atoms with Gasteiger partial charge in [0.25, 0.3) is 0 Å². The molecule has 0 aromatic heterocycles. The lowest BCUT2D eigenvalue weighted by Crippen LogP contribution is -2.10. The highest BCUT2D eigenvalue weighted by atomic mass is 19.3. The maximum atomic E-state index is 12.7. The van der Waals surface area contributed by atoms with Crippen molar-refractivity contribution in [1.29, 1.82) is 0 Å². The summed E-state index contributed by atoms with van der Waals surface area (Å²) in [5.41, 5.74) is 0.0579. The fraction of sp³-hybridized carbons (Fsp3) is 0.588. The fourth-order valence-corrected chi connectivity index (χ4v) is 1.89. The van der Waals surface area contributed by atoms with Crippen molar-refractivity contribution in [3.63, 3.8) is 0 Å². The lowest BCUT2D eigenvalue weighted by molar-refractivity contribution is -0.0517. The minimum absolute atomic E-state index is 0.0579. The van der Waals surface area contributed by atoms with Crippen LogP contribution in [0.15, 0.2) is 12.1 Å². The van der Waals surface area contributed by atoms with E-state index >= 15 is 0 Å². The summed E-state index contributed by atoms with van der Waals surface area (Å²) >= 11 is 0. The summed E-state index contributed by atoms with van der Waals surface area (Å²) in [4.78, 5) is 11.7. The number of alkyl halides is 2. The zero-order chi connectivity index (χ0) is 17.9. The predicted molar refractivity (Wildman–Crippen MR) is 85.2 cm³/mol. The highest BCUT2D eigenvalue weighted by Crippen LogP contribution is 2.40. The Kier molecular flexibility index (Phi) is 8.89. The molecule has 0 fully saturated rings. The molecular formula is C17H24F2O5. The van der Waals surface area contributed by atoms with Crippen molar-refractivity contribution in [2.45, 2.75) is 46.1 Å². The number of benzene rings is 1. The monoisotopic (exact) mass is 346 g/mol. The van der Waals surface area contributed by atoms with Gasteiger partial charge in [-0.1, -0.05) is 26.7 Å². The topological polar surface area (TPSA) is 54.0 Å². The van der Waals surface area contributed by atoms with E-state index in [1.807, 2.05) is 13.8 Å². The summed E-state index contributed by atoms with van der Waals surface area (Å²) in [5.74, 6) is -0.643. The largest absolute Gasteiger partial charge is 0.490 e. The molecule has 1 aromatic carbocycles. The quantitative estimate of drug-likeness (QED) is 0.438. The molecule has 0 bridgehead atoms. The highest BCUT2D eigenvalue weighted by Gasteiger charge is 2.21. The summed E-state index contributed by atoms with van der Waals surface area (Å²) in [6.45, 7) is 1.64. The molecule has 0 unspecified atom stereocenters. The van der Waals surface area contributed by atoms with Crippen molar-refractivity contribution >= 4 is 5.97 Å². The van der Waals surface area contributed by atoms with Crippen molar-refractivity contribution in [3.8, 4) is 17.2 Å². The summed E-state index contributed by atoms with van der Waals surface area (Å²) in [6, 6.07) is 2.59. The number of methoxy groups -OCH3 is 1. The Morgan fingerprint density at radius 2 is 1.62 bits per heavy atom. The molecule has 0 aliphatic carbocycles. The first kappa shape index (κ1) is 20.0. The second-order valence-electron chi connectivity index (χ2n) is 5.08. The minimum Gasteiger partial charge on any atom is -0.490 e. The molecule has 0 spiro atoms. The maximum absolute atomic E-state index is 12.7. The standard InChI is InChI=1S/C17H24F2O5/c1-4-6-8-22-13-10-12(16(20)21-3)11-14(24-17(18)19)15(13)23-9-7-5-2/h10-11,17H,4-9H2,1-3H3. The van der Waals surface area contributed by atoms with Gasteiger partial charge in [0.15, 0.2) is 11.5 Å². The third kappa shape index (κ3) is 6.22. The molecule has 24 heavy (non-hydrogen) atoms. The van der Waals surface area contributed by atoms with Gasteiger partial charge in [-0.25, -0.2) is 4.79 Å². The zero-order valence-electron chi connectivity index (χ0n) is 14.3. The normalized spacial score (nSPS) is 10.6. The molecule has 0 atom stereocenters. The van der Waals surface area contributed by atoms with E-state index in [4.69, 9.17) is 9.47 Å². The van der Waals surface area contributed by atoms with Crippen LogP contribution in [0.2, 0.25) is 0 Å². The number of rotatable bonds is 11. The van der Waals surface area contributed by atoms with Gasteiger partial charge in [-0.2, -0.15) is 8.78 Å². The highest BCUT2D eigenvalue weighted by molar-refractivity contribution is 5.91. The van der Waals surface area contributed by atoms with Gasteiger partial charge in [0.05, 0.1) is 25.9 Å². The van der Waals surface area contributed by atoms with E-state index in [1.165, 1.54) is 19.2 Å². The predicted octanol–water partition coefficient (Wildman–Crippen LogP) is 4.43. The zero-order valence-corrected chi connectivity index (χ0v) is 14.3. The van der Waals surface area contributed by atoms with Crippen LogP contribution in [0.5, 0.6) is 17.2 Å². The Hall–Kier alpha value is -2.05. The Morgan fingerprint density at radius 1 is 1.04 bits per heavy atom. The number of hydrogen-bond acceptors (Lipinski definition) is 5. The van der Waals surface area contributed by atoms with Crippen molar-refractivity contribution in [1.82, 2.24) is 0 Å². The number of carbonyl (C=O) groups excluding carboxylic acids is 1. The molecule has 0 aliphatic rings. The van der Waals surface area contributed by atoms with Gasteiger partial charge in [-0.15, -0.1) is 0 Å². The molecule has 7 heteroatoms. The molecule has 1 aromatic rings. The average Bonchev–Trinajstić information content (AvgIpc) is 2.55. The molecule has 0 amide bonds. The van der Waals surface area contributed by atoms with Crippen LogP contribution in [-0.2, 0) is 4.74 Å². The van der Waals surface area contributed by atoms with Gasteiger partial charge >= 0.3 is 12.6 Å². The maximum Gasteiger partial charge on any atom is 0.387 e. The molecule has 0 N–H and O–H groups in total. The van der Waals surface area contributed by atoms with E-state index in [-0.39, 0.29) is 22.8 Å². The fourth-order valence-electron chi connectivity index (χ4n) is 1.89. The first-order valence-corrected chi connectivity index (χ1v) is 8.00. The van der Waals surface area contributed by atoms with E-state index in [2.05, 4.69) is 9.47 Å². The van der Waals surface area contributed by atoms with Crippen LogP contribution in [0.4, 0.5) is 8.78 Å². The van der Waals surface area contributed by atoms with Crippen molar-refractivity contribution in [3.05, 3.63) is 17.7 Å². The van der Waals surface area contributed by atoms with Crippen LogP contribution >= 0.6 is 0 Å². The number of halogens is 2. The Bertz CT molecular complexity index is 520. The second-order valence-corrected chi connectivity index (χ2v) is 5.08. The summed E-state index contributed by atoms with van der Waals surface area (Å²) in [6.07, 6.45) is 3.32. The van der Waals surface area contributed by atoms with Gasteiger partial charge < -0.3 is 18.9 Å². The van der Waals surface area contributed by atoms with Crippen molar-refractivity contribution in [2.75, 3.05) is 20.3 Å². The van der Waals surface area contributed by atoms with E-state index in [0.717, 1.165) is 25.7 Å². The van der Waals surface area contributed by atoms with Crippen LogP contribution in [0.3, 0.4) is 0 Å². The molecule has 0 aliphatic heterocycles. The summed E-state index contributed by atoms with van der Waals surface area (Å²) in [7, 11) is 1.21. The van der Waals surface area contributed by atoms with Crippen LogP contribution in [0.1, 0.15) is 49.9 Å². The molecule has 0 radical (unpaired) electrons.